The Morgan fingerprint density at radius 1 is 1.33 bits per heavy atom. The Bertz CT molecular complexity index is 647. The number of rotatable bonds is 5. The summed E-state index contributed by atoms with van der Waals surface area (Å²) < 4.78 is 0. The molecule has 0 aliphatic carbocycles. The maximum Gasteiger partial charge on any atom is 0.311 e. The molecule has 110 valence electrons. The van der Waals surface area contributed by atoms with Gasteiger partial charge in [-0.15, -0.1) is 0 Å². The zero-order valence-corrected chi connectivity index (χ0v) is 12.2. The van der Waals surface area contributed by atoms with E-state index in [9.17, 15) is 15.2 Å². The molecule has 0 aliphatic heterocycles. The predicted molar refractivity (Wildman–Crippen MR) is 80.8 cm³/mol. The molecule has 1 aromatic carbocycles. The van der Waals surface area contributed by atoms with Crippen LogP contribution in [-0.4, -0.2) is 21.6 Å². The van der Waals surface area contributed by atoms with Gasteiger partial charge in [0.05, 0.1) is 11.0 Å². The topological polar surface area (TPSA) is 88.3 Å². The lowest BCUT2D eigenvalue weighted by atomic mass is 10.1. The fourth-order valence-corrected chi connectivity index (χ4v) is 2.30. The number of nitro groups is 1. The van der Waals surface area contributed by atoms with Crippen molar-refractivity contribution in [3.8, 4) is 0 Å². The average molecular weight is 328 g/mol. The molecule has 0 saturated carbocycles. The molecule has 8 heteroatoms. The Morgan fingerprint density at radius 2 is 2.00 bits per heavy atom. The quantitative estimate of drug-likeness (QED) is 0.648. The third-order valence-corrected chi connectivity index (χ3v) is 3.15. The molecule has 0 aliphatic rings. The molecule has 2 rings (SSSR count). The highest BCUT2D eigenvalue weighted by Crippen LogP contribution is 2.25. The van der Waals surface area contributed by atoms with Gasteiger partial charge in [0.15, 0.2) is 0 Å². The van der Waals surface area contributed by atoms with Gasteiger partial charge >= 0.3 is 5.69 Å². The fraction of sp³-hybridized carbons (Fsp3) is 0.154. The Morgan fingerprint density at radius 3 is 2.62 bits per heavy atom. The standard InChI is InChI=1S/C13H11Cl2N3O3/c14-9-4-8(5-10(15)6-9)12(19)7-17-13-11(18(20)21)2-1-3-16-13/h1-6,12,19H,7H2,(H,16,17). The number of aromatic nitrogens is 1. The molecule has 1 aromatic heterocycles. The molecule has 1 atom stereocenters. The Labute approximate surface area is 130 Å². The summed E-state index contributed by atoms with van der Waals surface area (Å²) >= 11 is 11.7. The summed E-state index contributed by atoms with van der Waals surface area (Å²) in [4.78, 5) is 14.2. The molecule has 6 nitrogen and oxygen atoms in total. The van der Waals surface area contributed by atoms with E-state index in [-0.39, 0.29) is 18.1 Å². The number of nitrogens with one attached hydrogen (secondary N) is 1. The van der Waals surface area contributed by atoms with Gasteiger partial charge in [0.1, 0.15) is 0 Å². The maximum absolute atomic E-state index is 10.9. The van der Waals surface area contributed by atoms with E-state index in [1.165, 1.54) is 18.3 Å². The number of anilines is 1. The van der Waals surface area contributed by atoms with E-state index in [4.69, 9.17) is 23.2 Å². The number of hydrogen-bond donors (Lipinski definition) is 2. The summed E-state index contributed by atoms with van der Waals surface area (Å²) in [6.45, 7) is 0.0362. The van der Waals surface area contributed by atoms with Gasteiger partial charge in [-0.05, 0) is 29.8 Å². The number of hydrogen-bond acceptors (Lipinski definition) is 5. The molecule has 2 N–H and O–H groups in total. The summed E-state index contributed by atoms with van der Waals surface area (Å²) in [7, 11) is 0. The van der Waals surface area contributed by atoms with Gasteiger partial charge < -0.3 is 10.4 Å². The van der Waals surface area contributed by atoms with Gasteiger partial charge in [0.2, 0.25) is 5.82 Å². The van der Waals surface area contributed by atoms with E-state index >= 15 is 0 Å². The normalized spacial score (nSPS) is 12.0. The van der Waals surface area contributed by atoms with E-state index in [1.807, 2.05) is 0 Å². The second kappa shape index (κ2) is 6.71. The molecular formula is C13H11Cl2N3O3. The minimum absolute atomic E-state index is 0.0362. The fourth-order valence-electron chi connectivity index (χ4n) is 1.76. The van der Waals surface area contributed by atoms with Crippen molar-refractivity contribution in [2.24, 2.45) is 0 Å². The van der Waals surface area contributed by atoms with Crippen molar-refractivity contribution in [3.63, 3.8) is 0 Å². The molecule has 0 amide bonds. The molecule has 1 unspecified atom stereocenters. The van der Waals surface area contributed by atoms with Crippen LogP contribution in [0.3, 0.4) is 0 Å². The van der Waals surface area contributed by atoms with E-state index in [0.29, 0.717) is 15.6 Å². The minimum atomic E-state index is -0.928. The Balaban J connectivity index is 2.11. The predicted octanol–water partition coefficient (Wildman–Crippen LogP) is 3.44. The highest BCUT2D eigenvalue weighted by Gasteiger charge is 2.16. The van der Waals surface area contributed by atoms with Crippen LogP contribution in [-0.2, 0) is 0 Å². The van der Waals surface area contributed by atoms with Gasteiger partial charge in [-0.3, -0.25) is 10.1 Å². The summed E-state index contributed by atoms with van der Waals surface area (Å²) in [6.07, 6.45) is 0.501. The van der Waals surface area contributed by atoms with Crippen molar-refractivity contribution in [3.05, 3.63) is 62.3 Å². The molecule has 0 saturated heterocycles. The number of aliphatic hydroxyl groups excluding tert-OH is 1. The molecule has 0 bridgehead atoms. The van der Waals surface area contributed by atoms with Crippen LogP contribution >= 0.6 is 23.2 Å². The lowest BCUT2D eigenvalue weighted by molar-refractivity contribution is -0.384. The largest absolute Gasteiger partial charge is 0.387 e. The summed E-state index contributed by atoms with van der Waals surface area (Å²) in [6, 6.07) is 7.50. The molecule has 0 radical (unpaired) electrons. The van der Waals surface area contributed by atoms with E-state index in [2.05, 4.69) is 10.3 Å². The van der Waals surface area contributed by atoms with E-state index < -0.39 is 11.0 Å². The maximum atomic E-state index is 10.9. The molecule has 0 fully saturated rings. The number of aliphatic hydroxyl groups is 1. The second-order valence-corrected chi connectivity index (χ2v) is 5.10. The summed E-state index contributed by atoms with van der Waals surface area (Å²) in [5.74, 6) is 0.0923. The van der Waals surface area contributed by atoms with Crippen molar-refractivity contribution < 1.29 is 10.0 Å². The molecule has 2 aromatic rings. The summed E-state index contributed by atoms with van der Waals surface area (Å²) in [5.41, 5.74) is 0.354. The van der Waals surface area contributed by atoms with Crippen LogP contribution < -0.4 is 5.32 Å². The minimum Gasteiger partial charge on any atom is -0.387 e. The lowest BCUT2D eigenvalue weighted by Gasteiger charge is -2.13. The third-order valence-electron chi connectivity index (χ3n) is 2.72. The summed E-state index contributed by atoms with van der Waals surface area (Å²) in [5, 5.41) is 24.5. The first-order valence-electron chi connectivity index (χ1n) is 5.94. The van der Waals surface area contributed by atoms with Crippen LogP contribution in [0.2, 0.25) is 10.0 Å². The highest BCUT2D eigenvalue weighted by molar-refractivity contribution is 6.34. The number of pyridine rings is 1. The van der Waals surface area contributed by atoms with Crippen LogP contribution in [0.25, 0.3) is 0 Å². The smallest absolute Gasteiger partial charge is 0.311 e. The zero-order valence-electron chi connectivity index (χ0n) is 10.7. The number of halogens is 2. The van der Waals surface area contributed by atoms with Crippen LogP contribution in [0.1, 0.15) is 11.7 Å². The third kappa shape index (κ3) is 4.04. The monoisotopic (exact) mass is 327 g/mol. The zero-order chi connectivity index (χ0) is 15.4. The van der Waals surface area contributed by atoms with Crippen molar-refractivity contribution in [1.29, 1.82) is 0 Å². The van der Waals surface area contributed by atoms with Crippen LogP contribution in [0.4, 0.5) is 11.5 Å². The molecule has 21 heavy (non-hydrogen) atoms. The first kappa shape index (κ1) is 15.5. The van der Waals surface area contributed by atoms with Crippen molar-refractivity contribution in [2.75, 3.05) is 11.9 Å². The highest BCUT2D eigenvalue weighted by atomic mass is 35.5. The first-order valence-corrected chi connectivity index (χ1v) is 6.70. The number of nitrogens with zero attached hydrogens (tertiary/aromatic N) is 2. The first-order chi connectivity index (χ1) is 9.97. The van der Waals surface area contributed by atoms with Crippen LogP contribution in [0.5, 0.6) is 0 Å². The average Bonchev–Trinajstić information content (AvgIpc) is 2.43. The Kier molecular flexibility index (Phi) is 4.95. The van der Waals surface area contributed by atoms with Crippen molar-refractivity contribution in [2.45, 2.75) is 6.10 Å². The SMILES string of the molecule is O=[N+]([O-])c1cccnc1NCC(O)c1cc(Cl)cc(Cl)c1. The molecular weight excluding hydrogens is 317 g/mol. The Hall–Kier alpha value is -1.89. The van der Waals surface area contributed by atoms with Crippen LogP contribution in [0.15, 0.2) is 36.5 Å². The van der Waals surface area contributed by atoms with Crippen molar-refractivity contribution in [1.82, 2.24) is 4.98 Å². The molecule has 0 spiro atoms. The second-order valence-electron chi connectivity index (χ2n) is 4.23. The van der Waals surface area contributed by atoms with Gasteiger partial charge in [0.25, 0.3) is 0 Å². The molecule has 1 heterocycles. The van der Waals surface area contributed by atoms with Crippen LogP contribution in [0, 0.1) is 10.1 Å². The van der Waals surface area contributed by atoms with E-state index in [1.54, 1.807) is 18.2 Å². The number of benzene rings is 1. The van der Waals surface area contributed by atoms with Gasteiger partial charge in [-0.1, -0.05) is 23.2 Å². The van der Waals surface area contributed by atoms with Gasteiger partial charge in [-0.2, -0.15) is 0 Å². The lowest BCUT2D eigenvalue weighted by Crippen LogP contribution is -2.14. The van der Waals surface area contributed by atoms with E-state index in [0.717, 1.165) is 0 Å². The van der Waals surface area contributed by atoms with Gasteiger partial charge in [0, 0.05) is 28.9 Å². The van der Waals surface area contributed by atoms with Crippen molar-refractivity contribution >= 4 is 34.7 Å². The van der Waals surface area contributed by atoms with Gasteiger partial charge in [-0.25, -0.2) is 4.98 Å².